The smallest absolute Gasteiger partial charge is 0.142 e. The van der Waals surface area contributed by atoms with Crippen LogP contribution in [0.3, 0.4) is 0 Å². The van der Waals surface area contributed by atoms with Crippen LogP contribution in [-0.2, 0) is 0 Å². The van der Waals surface area contributed by atoms with Gasteiger partial charge in [-0.3, -0.25) is 9.98 Å². The second-order valence-electron chi connectivity index (χ2n) is 8.21. The number of thiophene rings is 1. The van der Waals surface area contributed by atoms with E-state index >= 15 is 0 Å². The molecule has 5 heteroatoms. The molecule has 0 saturated heterocycles. The van der Waals surface area contributed by atoms with Gasteiger partial charge in [0.1, 0.15) is 12.0 Å². The predicted molar refractivity (Wildman–Crippen MR) is 132 cm³/mol. The predicted octanol–water partition coefficient (Wildman–Crippen LogP) is 7.25. The Balaban J connectivity index is 1.53. The fraction of sp³-hybridized carbons (Fsp3) is 0.185. The van der Waals surface area contributed by atoms with Crippen LogP contribution in [0.5, 0.6) is 0 Å². The minimum absolute atomic E-state index is 0.00348. The van der Waals surface area contributed by atoms with E-state index in [0.29, 0.717) is 0 Å². The van der Waals surface area contributed by atoms with Crippen LogP contribution in [0.15, 0.2) is 77.4 Å². The first-order chi connectivity index (χ1) is 15.5. The largest absolute Gasteiger partial charge is 0.343 e. The Morgan fingerprint density at radius 1 is 1.03 bits per heavy atom. The van der Waals surface area contributed by atoms with Crippen molar-refractivity contribution in [2.24, 2.45) is 4.99 Å². The summed E-state index contributed by atoms with van der Waals surface area (Å²) in [4.78, 5) is 11.0. The van der Waals surface area contributed by atoms with Gasteiger partial charge in [0.2, 0.25) is 0 Å². The van der Waals surface area contributed by atoms with Gasteiger partial charge in [0.25, 0.3) is 0 Å². The summed E-state index contributed by atoms with van der Waals surface area (Å²) in [6.07, 6.45) is 6.93. The molecule has 3 heterocycles. The fourth-order valence-corrected chi connectivity index (χ4v) is 5.32. The lowest BCUT2D eigenvalue weighted by Gasteiger charge is -2.38. The number of halogens is 1. The zero-order valence-corrected chi connectivity index (χ0v) is 19.1. The molecule has 32 heavy (non-hydrogen) atoms. The number of aliphatic imine (C=N–C) groups is 1. The number of allylic oxidation sites excluding steroid dienone is 1. The molecule has 1 aliphatic heterocycles. The third-order valence-electron chi connectivity index (χ3n) is 6.10. The Labute approximate surface area is 191 Å². The molecule has 3 nitrogen and oxygen atoms in total. The van der Waals surface area contributed by atoms with Crippen molar-refractivity contribution < 1.29 is 4.39 Å². The summed E-state index contributed by atoms with van der Waals surface area (Å²) in [5.74, 6) is -0.329. The van der Waals surface area contributed by atoms with E-state index < -0.39 is 0 Å². The minimum Gasteiger partial charge on any atom is -0.343 e. The van der Waals surface area contributed by atoms with E-state index in [1.54, 1.807) is 17.5 Å². The van der Waals surface area contributed by atoms with Gasteiger partial charge in [-0.1, -0.05) is 24.3 Å². The van der Waals surface area contributed by atoms with E-state index in [-0.39, 0.29) is 18.0 Å². The molecule has 5 rings (SSSR count). The highest BCUT2D eigenvalue weighted by molar-refractivity contribution is 7.17. The van der Waals surface area contributed by atoms with E-state index in [0.717, 1.165) is 22.4 Å². The first-order valence-corrected chi connectivity index (χ1v) is 11.6. The molecular formula is C27H24FN3S. The molecule has 0 saturated carbocycles. The maximum Gasteiger partial charge on any atom is 0.142 e. The third kappa shape index (κ3) is 3.73. The summed E-state index contributed by atoms with van der Waals surface area (Å²) in [5.41, 5.74) is 6.53. The second kappa shape index (κ2) is 8.32. The third-order valence-corrected chi connectivity index (χ3v) is 7.18. The Hall–Kier alpha value is -3.31. The van der Waals surface area contributed by atoms with Gasteiger partial charge in [-0.25, -0.2) is 4.39 Å². The Bertz CT molecular complexity index is 1350. The van der Waals surface area contributed by atoms with E-state index in [1.165, 1.54) is 33.5 Å². The van der Waals surface area contributed by atoms with E-state index in [4.69, 9.17) is 0 Å². The van der Waals surface area contributed by atoms with Crippen LogP contribution in [0.2, 0.25) is 0 Å². The molecule has 0 amide bonds. The number of hydrogen-bond donors (Lipinski definition) is 0. The van der Waals surface area contributed by atoms with Gasteiger partial charge < -0.3 is 4.90 Å². The summed E-state index contributed by atoms with van der Waals surface area (Å²) >= 11 is 1.78. The standard InChI is InChI=1S/C27H24FN3S/c1-17-16-32-27-8-7-22(13-25(17)27)26-9-10-30-19(3)31(26)18(2)20-5-4-6-21(11-20)23-12-24(28)15-29-14-23/h4-16,18-19H,1-3H3/t18-,19?/m0/s1. The average molecular weight is 442 g/mol. The van der Waals surface area contributed by atoms with Crippen molar-refractivity contribution >= 4 is 33.3 Å². The van der Waals surface area contributed by atoms with Crippen LogP contribution < -0.4 is 0 Å². The molecule has 0 radical (unpaired) electrons. The number of fused-ring (bicyclic) bond motifs is 1. The number of hydrogen-bond acceptors (Lipinski definition) is 4. The molecule has 0 aliphatic carbocycles. The van der Waals surface area contributed by atoms with Crippen molar-refractivity contribution in [3.8, 4) is 11.1 Å². The molecule has 4 aromatic rings. The summed E-state index contributed by atoms with van der Waals surface area (Å²) < 4.78 is 15.0. The maximum atomic E-state index is 13.7. The molecule has 2 atom stereocenters. The normalized spacial score (nSPS) is 16.9. The summed E-state index contributed by atoms with van der Waals surface area (Å²) in [7, 11) is 0. The first kappa shape index (κ1) is 20.6. The lowest BCUT2D eigenvalue weighted by Crippen LogP contribution is -2.34. The van der Waals surface area contributed by atoms with Crippen molar-refractivity contribution in [3.05, 3.63) is 94.9 Å². The maximum absolute atomic E-state index is 13.7. The van der Waals surface area contributed by atoms with Crippen LogP contribution >= 0.6 is 11.3 Å². The van der Waals surface area contributed by atoms with Gasteiger partial charge in [0, 0.05) is 28.4 Å². The number of aryl methyl sites for hydroxylation is 1. The van der Waals surface area contributed by atoms with Crippen LogP contribution in [-0.4, -0.2) is 22.3 Å². The molecule has 1 unspecified atom stereocenters. The van der Waals surface area contributed by atoms with E-state index in [1.807, 2.05) is 18.3 Å². The highest BCUT2D eigenvalue weighted by atomic mass is 32.1. The van der Waals surface area contributed by atoms with Crippen molar-refractivity contribution in [2.75, 3.05) is 0 Å². The van der Waals surface area contributed by atoms with E-state index in [2.05, 4.69) is 77.4 Å². The fourth-order valence-electron chi connectivity index (χ4n) is 4.40. The van der Waals surface area contributed by atoms with Crippen molar-refractivity contribution in [1.29, 1.82) is 0 Å². The van der Waals surface area contributed by atoms with Crippen LogP contribution in [0, 0.1) is 12.7 Å². The Morgan fingerprint density at radius 3 is 2.75 bits per heavy atom. The molecular weight excluding hydrogens is 417 g/mol. The molecule has 0 spiro atoms. The average Bonchev–Trinajstić information content (AvgIpc) is 3.18. The van der Waals surface area contributed by atoms with Crippen LogP contribution in [0.25, 0.3) is 26.9 Å². The van der Waals surface area contributed by atoms with Crippen LogP contribution in [0.4, 0.5) is 4.39 Å². The quantitative estimate of drug-likeness (QED) is 0.334. The van der Waals surface area contributed by atoms with Crippen molar-refractivity contribution in [2.45, 2.75) is 33.0 Å². The number of benzene rings is 2. The SMILES string of the molecule is Cc1csc2ccc(C3=CC=NC(C)N3[C@@H](C)c3cccc(-c4cncc(F)c4)c3)cc12. The molecule has 2 aromatic carbocycles. The van der Waals surface area contributed by atoms with Gasteiger partial charge in [0.15, 0.2) is 0 Å². The van der Waals surface area contributed by atoms with Gasteiger partial charge in [-0.2, -0.15) is 0 Å². The van der Waals surface area contributed by atoms with Gasteiger partial charge in [-0.05, 0) is 84.1 Å². The zero-order valence-electron chi connectivity index (χ0n) is 18.3. The zero-order chi connectivity index (χ0) is 22.2. The Morgan fingerprint density at radius 2 is 1.91 bits per heavy atom. The number of rotatable bonds is 4. The number of nitrogens with zero attached hydrogens (tertiary/aromatic N) is 3. The summed E-state index contributed by atoms with van der Waals surface area (Å²) in [6, 6.07) is 16.6. The van der Waals surface area contributed by atoms with Gasteiger partial charge in [0.05, 0.1) is 12.2 Å². The molecule has 160 valence electrons. The summed E-state index contributed by atoms with van der Waals surface area (Å²) in [5, 5.41) is 3.51. The topological polar surface area (TPSA) is 28.5 Å². The molecule has 0 bridgehead atoms. The van der Waals surface area contributed by atoms with Gasteiger partial charge >= 0.3 is 0 Å². The summed E-state index contributed by atoms with van der Waals surface area (Å²) in [6.45, 7) is 6.48. The monoisotopic (exact) mass is 441 g/mol. The van der Waals surface area contributed by atoms with Gasteiger partial charge in [-0.15, -0.1) is 11.3 Å². The lowest BCUT2D eigenvalue weighted by molar-refractivity contribution is 0.252. The van der Waals surface area contributed by atoms with Crippen molar-refractivity contribution in [1.82, 2.24) is 9.88 Å². The molecule has 1 aliphatic rings. The van der Waals surface area contributed by atoms with E-state index in [9.17, 15) is 4.39 Å². The highest BCUT2D eigenvalue weighted by Crippen LogP contribution is 2.37. The van der Waals surface area contributed by atoms with Crippen LogP contribution in [0.1, 0.15) is 36.6 Å². The van der Waals surface area contributed by atoms with Crippen molar-refractivity contribution in [3.63, 3.8) is 0 Å². The minimum atomic E-state index is -0.329. The lowest BCUT2D eigenvalue weighted by atomic mass is 9.97. The number of pyridine rings is 1. The molecule has 0 fully saturated rings. The highest BCUT2D eigenvalue weighted by Gasteiger charge is 2.26. The molecule has 2 aromatic heterocycles. The Kier molecular flexibility index (Phi) is 5.35. The second-order valence-corrected chi connectivity index (χ2v) is 9.12. The molecule has 0 N–H and O–H groups in total. The number of aromatic nitrogens is 1. The first-order valence-electron chi connectivity index (χ1n) is 10.7.